The van der Waals surface area contributed by atoms with Crippen LogP contribution in [-0.4, -0.2) is 112 Å². The molecule has 26 heteroatoms. The highest BCUT2D eigenvalue weighted by Gasteiger charge is 2.51. The molecule has 0 saturated carbocycles. The summed E-state index contributed by atoms with van der Waals surface area (Å²) in [6.45, 7) is 2.60. The van der Waals surface area contributed by atoms with Crippen LogP contribution in [0.4, 0.5) is 16.2 Å². The molecule has 3 aliphatic heterocycles. The number of hydrogen-bond donors (Lipinski definition) is 4. The van der Waals surface area contributed by atoms with E-state index in [4.69, 9.17) is 37.4 Å². The Labute approximate surface area is 334 Å². The van der Waals surface area contributed by atoms with Crippen LogP contribution in [0.15, 0.2) is 47.8 Å². The molecule has 4 aromatic heterocycles. The number of nitrogens with one attached hydrogen (secondary N) is 3. The number of carbonyl (C=O) groups excluding carboxylic acids is 2. The molecule has 2 amide bonds. The van der Waals surface area contributed by atoms with E-state index >= 15 is 4.39 Å². The summed E-state index contributed by atoms with van der Waals surface area (Å²) in [6, 6.07) is 10.4. The zero-order valence-corrected chi connectivity index (χ0v) is 32.8. The maximum absolute atomic E-state index is 16.6. The molecule has 3 aliphatic rings. The first-order valence-electron chi connectivity index (χ1n) is 18.1. The number of alkyl halides is 1. The van der Waals surface area contributed by atoms with Crippen molar-refractivity contribution < 1.29 is 51.0 Å². The molecule has 0 radical (unpaired) electrons. The number of fused-ring (bicyclic) bond motifs is 5. The van der Waals surface area contributed by atoms with E-state index in [1.807, 2.05) is 6.07 Å². The number of aromatic nitrogens is 9. The number of ether oxygens (including phenoxy) is 2. The first-order valence-corrected chi connectivity index (χ1v) is 20.3. The predicted octanol–water partition coefficient (Wildman–Crippen LogP) is 2.92. The van der Waals surface area contributed by atoms with Gasteiger partial charge in [-0.2, -0.15) is 14.9 Å². The number of rotatable bonds is 9. The minimum Gasteiger partial charge on any atom is -0.349 e. The molecule has 2 bridgehead atoms. The second-order valence-corrected chi connectivity index (χ2v) is 15.7. The normalized spacial score (nSPS) is 27.4. The van der Waals surface area contributed by atoms with Crippen molar-refractivity contribution in [2.75, 3.05) is 30.5 Å². The summed E-state index contributed by atoms with van der Waals surface area (Å²) >= 11 is 0. The summed E-state index contributed by atoms with van der Waals surface area (Å²) < 4.78 is 61.1. The number of benzene rings is 1. The lowest BCUT2D eigenvalue weighted by Gasteiger charge is -2.26. The molecule has 0 spiro atoms. The van der Waals surface area contributed by atoms with Crippen LogP contribution in [-0.2, 0) is 36.9 Å². The second-order valence-electron chi connectivity index (χ2n) is 13.5. The Hall–Kier alpha value is -5.05. The SMILES string of the molecule is CC(C)C(=O)Nc1nc2c(ncn2[C@@H]2O[C@@H]3COP(OCCC#N)O[C@H]4[C@H](F)[C@H](n5nnc6c(NC(=O)c7ccccc7)ncnc65)O[C@@H]4COP(O)O[C@H]2C3)c(=O)[nH]1. The Morgan fingerprint density at radius 2 is 1.90 bits per heavy atom. The molecule has 59 heavy (non-hydrogen) atoms. The smallest absolute Gasteiger partial charge is 0.333 e. The third kappa shape index (κ3) is 8.66. The van der Waals surface area contributed by atoms with Gasteiger partial charge in [0.1, 0.15) is 24.6 Å². The highest BCUT2D eigenvalue weighted by molar-refractivity contribution is 7.41. The summed E-state index contributed by atoms with van der Waals surface area (Å²) in [5.74, 6) is -1.33. The van der Waals surface area contributed by atoms with Crippen LogP contribution >= 0.6 is 17.2 Å². The zero-order chi connectivity index (χ0) is 41.2. The van der Waals surface area contributed by atoms with E-state index in [-0.39, 0.29) is 66.1 Å². The molecule has 8 rings (SSSR count). The molecule has 9 atom stereocenters. The first kappa shape index (κ1) is 40.7. The van der Waals surface area contributed by atoms with E-state index < -0.39 is 84.2 Å². The molecule has 4 N–H and O–H groups in total. The van der Waals surface area contributed by atoms with Gasteiger partial charge in [-0.05, 0) is 12.1 Å². The number of carbonyl (C=O) groups is 2. The highest BCUT2D eigenvalue weighted by Crippen LogP contribution is 2.50. The van der Waals surface area contributed by atoms with Crippen LogP contribution in [0.2, 0.25) is 0 Å². The number of amides is 2. The molecular weight excluding hydrogens is 821 g/mol. The predicted molar refractivity (Wildman–Crippen MR) is 200 cm³/mol. The Morgan fingerprint density at radius 3 is 2.69 bits per heavy atom. The topological polar surface area (TPSA) is 287 Å². The van der Waals surface area contributed by atoms with Crippen molar-refractivity contribution in [3.63, 3.8) is 0 Å². The average Bonchev–Trinajstić information content (AvgIpc) is 4.01. The largest absolute Gasteiger partial charge is 0.349 e. The number of halogens is 1. The maximum Gasteiger partial charge on any atom is 0.333 e. The summed E-state index contributed by atoms with van der Waals surface area (Å²) in [5.41, 5.74) is -0.165. The first-order chi connectivity index (χ1) is 28.6. The second kappa shape index (κ2) is 17.7. The molecule has 310 valence electrons. The van der Waals surface area contributed by atoms with E-state index in [0.717, 1.165) is 11.0 Å². The van der Waals surface area contributed by atoms with Gasteiger partial charge < -0.3 is 42.3 Å². The number of imidazole rings is 1. The molecule has 3 saturated heterocycles. The molecule has 2 unspecified atom stereocenters. The fraction of sp³-hybridized carbons (Fsp3) is 0.455. The summed E-state index contributed by atoms with van der Waals surface area (Å²) in [7, 11) is -5.05. The molecule has 3 fully saturated rings. The summed E-state index contributed by atoms with van der Waals surface area (Å²) in [4.78, 5) is 68.7. The van der Waals surface area contributed by atoms with Crippen LogP contribution in [0.5, 0.6) is 0 Å². The fourth-order valence-electron chi connectivity index (χ4n) is 6.33. The van der Waals surface area contributed by atoms with Gasteiger partial charge in [0.2, 0.25) is 11.9 Å². The molecule has 0 aliphatic carbocycles. The average molecular weight is 857 g/mol. The van der Waals surface area contributed by atoms with Gasteiger partial charge in [-0.3, -0.25) is 29.3 Å². The van der Waals surface area contributed by atoms with Crippen molar-refractivity contribution in [2.24, 2.45) is 5.92 Å². The van der Waals surface area contributed by atoms with Gasteiger partial charge in [0.25, 0.3) is 11.5 Å². The lowest BCUT2D eigenvalue weighted by Crippen LogP contribution is -2.34. The standard InChI is InChI=1S/C33H35FN12O11P2/c1-16(2)28(47)41-33-40-27-23(30(49)42-33)38-15-45(27)31-19-11-18(54-31)12-53-59(51-10-6-9-35)57-24-20(13-52-58(50)56-19)55-32(21(24)34)46-26-22(43-44-46)25(36-14-37-26)39-29(48)17-7-4-3-5-8-17/h3-5,7-8,14-16,18-21,24,31-32,50H,6,10-13H2,1-2H3,(H,36,37,39,48)(H2,40,41,42,47,49)/t18-,19-,20+,21-,24+,31+,32+,58?,59?/m0/s1. The van der Waals surface area contributed by atoms with Gasteiger partial charge >= 0.3 is 17.2 Å². The minimum atomic E-state index is -2.68. The third-order valence-corrected chi connectivity index (χ3v) is 11.2. The van der Waals surface area contributed by atoms with Gasteiger partial charge in [0.05, 0.1) is 44.7 Å². The maximum atomic E-state index is 16.6. The van der Waals surface area contributed by atoms with Gasteiger partial charge in [-0.25, -0.2) is 19.3 Å². The van der Waals surface area contributed by atoms with E-state index in [2.05, 4.69) is 45.9 Å². The molecule has 23 nitrogen and oxygen atoms in total. The van der Waals surface area contributed by atoms with Crippen LogP contribution in [0.25, 0.3) is 22.3 Å². The Bertz CT molecular complexity index is 2420. The van der Waals surface area contributed by atoms with Gasteiger partial charge in [0.15, 0.2) is 46.8 Å². The number of H-pyrrole nitrogens is 1. The van der Waals surface area contributed by atoms with Gasteiger partial charge in [0, 0.05) is 17.9 Å². The van der Waals surface area contributed by atoms with Gasteiger partial charge in [-0.1, -0.05) is 37.3 Å². The minimum absolute atomic E-state index is 0.0243. The Balaban J connectivity index is 1.04. The van der Waals surface area contributed by atoms with E-state index in [1.165, 1.54) is 10.9 Å². The quantitative estimate of drug-likeness (QED) is 0.122. The fourth-order valence-corrected chi connectivity index (χ4v) is 8.27. The number of aromatic amines is 1. The van der Waals surface area contributed by atoms with E-state index in [9.17, 15) is 19.3 Å². The highest BCUT2D eigenvalue weighted by atomic mass is 31.2. The molecule has 1 aromatic carbocycles. The van der Waals surface area contributed by atoms with Crippen LogP contribution < -0.4 is 16.2 Å². The monoisotopic (exact) mass is 856 g/mol. The number of nitriles is 1. The van der Waals surface area contributed by atoms with Crippen LogP contribution in [0.1, 0.15) is 49.5 Å². The van der Waals surface area contributed by atoms with E-state index in [1.54, 1.807) is 44.2 Å². The lowest BCUT2D eigenvalue weighted by atomic mass is 10.1. The van der Waals surface area contributed by atoms with Crippen LogP contribution in [0, 0.1) is 17.2 Å². The molecule has 7 heterocycles. The third-order valence-electron chi connectivity index (χ3n) is 9.21. The van der Waals surface area contributed by atoms with Crippen molar-refractivity contribution in [1.29, 1.82) is 5.26 Å². The van der Waals surface area contributed by atoms with Crippen molar-refractivity contribution >= 4 is 63.1 Å². The van der Waals surface area contributed by atoms with Crippen molar-refractivity contribution in [3.8, 4) is 6.07 Å². The van der Waals surface area contributed by atoms with Crippen molar-refractivity contribution in [1.82, 2.24) is 44.5 Å². The summed E-state index contributed by atoms with van der Waals surface area (Å²) in [5, 5.41) is 22.6. The van der Waals surface area contributed by atoms with Gasteiger partial charge in [-0.15, -0.1) is 5.10 Å². The number of hydrogen-bond acceptors (Lipinski definition) is 18. The Morgan fingerprint density at radius 1 is 1.07 bits per heavy atom. The van der Waals surface area contributed by atoms with Crippen LogP contribution in [0.3, 0.4) is 0 Å². The van der Waals surface area contributed by atoms with Crippen molar-refractivity contribution in [3.05, 3.63) is 58.9 Å². The summed E-state index contributed by atoms with van der Waals surface area (Å²) in [6.07, 6.45) is -6.30. The Kier molecular flexibility index (Phi) is 12.2. The zero-order valence-electron chi connectivity index (χ0n) is 31.0. The number of nitrogens with zero attached hydrogens (tertiary/aromatic N) is 9. The number of anilines is 2. The molecule has 5 aromatic rings. The lowest BCUT2D eigenvalue weighted by molar-refractivity contribution is -0.118. The van der Waals surface area contributed by atoms with Crippen molar-refractivity contribution in [2.45, 2.75) is 69.7 Å². The van der Waals surface area contributed by atoms with E-state index in [0.29, 0.717) is 5.56 Å². The molecular formula is C33H35FN12O11P2.